The van der Waals surface area contributed by atoms with Crippen molar-refractivity contribution in [2.75, 3.05) is 33.2 Å². The maximum absolute atomic E-state index is 12.9. The van der Waals surface area contributed by atoms with Crippen molar-refractivity contribution in [1.82, 2.24) is 15.1 Å². The van der Waals surface area contributed by atoms with Crippen LogP contribution in [-0.2, 0) is 9.59 Å². The van der Waals surface area contributed by atoms with Crippen LogP contribution >= 0.6 is 0 Å². The van der Waals surface area contributed by atoms with E-state index in [1.807, 2.05) is 32.7 Å². The van der Waals surface area contributed by atoms with Gasteiger partial charge in [0.05, 0.1) is 0 Å². The first-order valence-electron chi connectivity index (χ1n) is 9.49. The van der Waals surface area contributed by atoms with Crippen LogP contribution in [-0.4, -0.2) is 60.4 Å². The number of carbonyl (C=O) groups excluding carboxylic acids is 2. The highest BCUT2D eigenvalue weighted by Gasteiger charge is 2.37. The molecule has 1 aliphatic rings. The van der Waals surface area contributed by atoms with Crippen molar-refractivity contribution in [2.45, 2.75) is 65.8 Å². The molecular formula is C19H37N3O2. The van der Waals surface area contributed by atoms with E-state index >= 15 is 0 Å². The van der Waals surface area contributed by atoms with E-state index in [1.54, 1.807) is 0 Å². The van der Waals surface area contributed by atoms with Crippen LogP contribution < -0.4 is 5.32 Å². The molecule has 0 aromatic rings. The molecule has 1 saturated carbocycles. The van der Waals surface area contributed by atoms with Crippen LogP contribution in [0.1, 0.15) is 60.3 Å². The molecule has 1 aliphatic carbocycles. The van der Waals surface area contributed by atoms with Gasteiger partial charge in [0.2, 0.25) is 11.8 Å². The normalized spacial score (nSPS) is 21.6. The molecule has 0 aromatic heterocycles. The van der Waals surface area contributed by atoms with Gasteiger partial charge in [-0.25, -0.2) is 0 Å². The van der Waals surface area contributed by atoms with Crippen LogP contribution in [0.3, 0.4) is 0 Å². The topological polar surface area (TPSA) is 52.7 Å². The number of amides is 2. The fourth-order valence-electron chi connectivity index (χ4n) is 3.43. The van der Waals surface area contributed by atoms with Crippen molar-refractivity contribution < 1.29 is 9.59 Å². The number of carbonyl (C=O) groups is 2. The van der Waals surface area contributed by atoms with Crippen molar-refractivity contribution >= 4 is 11.8 Å². The largest absolute Gasteiger partial charge is 0.351 e. The van der Waals surface area contributed by atoms with E-state index in [0.29, 0.717) is 0 Å². The summed E-state index contributed by atoms with van der Waals surface area (Å²) in [5.41, 5.74) is -0.253. The number of nitrogens with zero attached hydrogens (tertiary/aromatic N) is 2. The summed E-state index contributed by atoms with van der Waals surface area (Å²) in [4.78, 5) is 29.7. The Hall–Kier alpha value is -1.10. The Morgan fingerprint density at radius 1 is 1.00 bits per heavy atom. The van der Waals surface area contributed by atoms with Crippen molar-refractivity contribution in [2.24, 2.45) is 11.8 Å². The summed E-state index contributed by atoms with van der Waals surface area (Å²) in [5, 5.41) is 3.06. The Morgan fingerprint density at radius 3 is 2.04 bits per heavy atom. The molecule has 0 aliphatic heterocycles. The highest BCUT2D eigenvalue weighted by atomic mass is 16.2. The first kappa shape index (κ1) is 20.9. The van der Waals surface area contributed by atoms with Gasteiger partial charge in [-0.05, 0) is 46.7 Å². The first-order chi connectivity index (χ1) is 11.2. The van der Waals surface area contributed by atoms with Crippen molar-refractivity contribution in [1.29, 1.82) is 0 Å². The summed E-state index contributed by atoms with van der Waals surface area (Å²) >= 11 is 0. The molecule has 1 N–H and O–H groups in total. The van der Waals surface area contributed by atoms with Gasteiger partial charge in [-0.2, -0.15) is 0 Å². The summed E-state index contributed by atoms with van der Waals surface area (Å²) in [6.45, 7) is 13.9. The Morgan fingerprint density at radius 2 is 1.54 bits per heavy atom. The van der Waals surface area contributed by atoms with Gasteiger partial charge in [-0.15, -0.1) is 0 Å². The molecule has 0 bridgehead atoms. The molecule has 1 fully saturated rings. The van der Waals surface area contributed by atoms with Gasteiger partial charge >= 0.3 is 0 Å². The molecule has 2 atom stereocenters. The molecule has 24 heavy (non-hydrogen) atoms. The lowest BCUT2D eigenvalue weighted by Crippen LogP contribution is -2.49. The van der Waals surface area contributed by atoms with Crippen LogP contribution in [0, 0.1) is 11.8 Å². The third kappa shape index (κ3) is 6.42. The predicted molar refractivity (Wildman–Crippen MR) is 98.8 cm³/mol. The fraction of sp³-hybridized carbons (Fsp3) is 0.895. The number of rotatable bonds is 7. The minimum absolute atomic E-state index is 0.0395. The SMILES string of the molecule is CCN(CC)CCN(C)C(=O)[C@@H]1CCCC[C@@H]1C(=O)NC(C)(C)C. The summed E-state index contributed by atoms with van der Waals surface area (Å²) < 4.78 is 0. The highest BCUT2D eigenvalue weighted by Crippen LogP contribution is 2.32. The van der Waals surface area contributed by atoms with E-state index in [0.717, 1.165) is 51.9 Å². The maximum Gasteiger partial charge on any atom is 0.226 e. The highest BCUT2D eigenvalue weighted by molar-refractivity contribution is 5.88. The second-order valence-electron chi connectivity index (χ2n) is 8.02. The van der Waals surface area contributed by atoms with E-state index in [9.17, 15) is 9.59 Å². The molecule has 0 radical (unpaired) electrons. The Balaban J connectivity index is 2.69. The quantitative estimate of drug-likeness (QED) is 0.775. The van der Waals surface area contributed by atoms with Gasteiger partial charge in [0.25, 0.3) is 0 Å². The van der Waals surface area contributed by atoms with Gasteiger partial charge in [0.1, 0.15) is 0 Å². The predicted octanol–water partition coefficient (Wildman–Crippen LogP) is 2.51. The van der Waals surface area contributed by atoms with Gasteiger partial charge in [-0.3, -0.25) is 9.59 Å². The fourth-order valence-corrected chi connectivity index (χ4v) is 3.43. The van der Waals surface area contributed by atoms with Crippen LogP contribution in [0.15, 0.2) is 0 Å². The van der Waals surface area contributed by atoms with Gasteiger partial charge in [0.15, 0.2) is 0 Å². The molecule has 0 saturated heterocycles. The summed E-state index contributed by atoms with van der Waals surface area (Å²) in [6.07, 6.45) is 3.73. The van der Waals surface area contributed by atoms with Crippen molar-refractivity contribution in [3.63, 3.8) is 0 Å². The molecule has 0 spiro atoms. The zero-order valence-electron chi connectivity index (χ0n) is 16.5. The molecule has 140 valence electrons. The lowest BCUT2D eigenvalue weighted by molar-refractivity contribution is -0.143. The average Bonchev–Trinajstić information content (AvgIpc) is 2.53. The standard InChI is InChI=1S/C19H37N3O2/c1-7-22(8-2)14-13-21(6)18(24)16-12-10-9-11-15(16)17(23)20-19(3,4)5/h15-16H,7-14H2,1-6H3,(H,20,23)/t15-,16+/m0/s1. The minimum atomic E-state index is -0.253. The van der Waals surface area contributed by atoms with Crippen LogP contribution in [0.5, 0.6) is 0 Å². The lowest BCUT2D eigenvalue weighted by atomic mass is 9.77. The van der Waals surface area contributed by atoms with Crippen LogP contribution in [0.2, 0.25) is 0 Å². The van der Waals surface area contributed by atoms with E-state index in [2.05, 4.69) is 24.1 Å². The molecule has 0 aromatic carbocycles. The van der Waals surface area contributed by atoms with Gasteiger partial charge in [0, 0.05) is 37.5 Å². The molecular weight excluding hydrogens is 302 g/mol. The van der Waals surface area contributed by atoms with Gasteiger partial charge < -0.3 is 15.1 Å². The molecule has 0 unspecified atom stereocenters. The van der Waals surface area contributed by atoms with Gasteiger partial charge in [-0.1, -0.05) is 26.7 Å². The summed E-state index contributed by atoms with van der Waals surface area (Å²) in [5.74, 6) is -0.169. The average molecular weight is 340 g/mol. The van der Waals surface area contributed by atoms with Crippen LogP contribution in [0.25, 0.3) is 0 Å². The Bertz CT molecular complexity index is 413. The number of hydrogen-bond donors (Lipinski definition) is 1. The van der Waals surface area contributed by atoms with E-state index < -0.39 is 0 Å². The zero-order chi connectivity index (χ0) is 18.3. The molecule has 5 heteroatoms. The Kier molecular flexibility index (Phi) is 8.20. The third-order valence-electron chi connectivity index (χ3n) is 4.94. The molecule has 5 nitrogen and oxygen atoms in total. The van der Waals surface area contributed by atoms with Crippen LogP contribution in [0.4, 0.5) is 0 Å². The van der Waals surface area contributed by atoms with Crippen molar-refractivity contribution in [3.8, 4) is 0 Å². The lowest BCUT2D eigenvalue weighted by Gasteiger charge is -2.35. The summed E-state index contributed by atoms with van der Waals surface area (Å²) in [7, 11) is 1.87. The van der Waals surface area contributed by atoms with E-state index in [1.165, 1.54) is 0 Å². The smallest absolute Gasteiger partial charge is 0.226 e. The monoisotopic (exact) mass is 339 g/mol. The van der Waals surface area contributed by atoms with E-state index in [4.69, 9.17) is 0 Å². The van der Waals surface area contributed by atoms with E-state index in [-0.39, 0.29) is 29.2 Å². The molecule has 2 amide bonds. The summed E-state index contributed by atoms with van der Waals surface area (Å²) in [6, 6.07) is 0. The second kappa shape index (κ2) is 9.40. The first-order valence-corrected chi connectivity index (χ1v) is 9.49. The molecule has 1 rings (SSSR count). The number of likely N-dealkylation sites (N-methyl/N-ethyl adjacent to an activating group) is 2. The second-order valence-corrected chi connectivity index (χ2v) is 8.02. The number of nitrogens with one attached hydrogen (secondary N) is 1. The minimum Gasteiger partial charge on any atom is -0.351 e. The molecule has 0 heterocycles. The van der Waals surface area contributed by atoms with Crippen molar-refractivity contribution in [3.05, 3.63) is 0 Å². The number of hydrogen-bond acceptors (Lipinski definition) is 3. The maximum atomic E-state index is 12.9. The Labute approximate surface area is 148 Å². The third-order valence-corrected chi connectivity index (χ3v) is 4.94. The zero-order valence-corrected chi connectivity index (χ0v) is 16.5.